The zero-order valence-electron chi connectivity index (χ0n) is 12.8. The first kappa shape index (κ1) is 15.1. The Balaban J connectivity index is 1.52. The highest BCUT2D eigenvalue weighted by atomic mass is 35.5. The van der Waals surface area contributed by atoms with Crippen molar-refractivity contribution in [3.8, 4) is 0 Å². The number of fused-ring (bicyclic) bond motifs is 2. The molecule has 6 nitrogen and oxygen atoms in total. The number of carbonyl (C=O) groups is 1. The third kappa shape index (κ3) is 2.75. The van der Waals surface area contributed by atoms with Crippen LogP contribution in [-0.2, 0) is 24.2 Å². The van der Waals surface area contributed by atoms with Gasteiger partial charge in [-0.3, -0.25) is 9.89 Å². The molecule has 0 aliphatic carbocycles. The van der Waals surface area contributed by atoms with E-state index in [1.165, 1.54) is 12.1 Å². The molecule has 0 saturated heterocycles. The van der Waals surface area contributed by atoms with Gasteiger partial charge in [0.2, 0.25) is 5.91 Å². The SMILES string of the molecule is O=C(Cc1cn2c(n1)CCCC2)Nc1cc2c(Cl)[nH]nc2cc1F. The monoisotopic (exact) mass is 347 g/mol. The molecular weight excluding hydrogens is 333 g/mol. The molecule has 2 N–H and O–H groups in total. The third-order valence-corrected chi connectivity index (χ3v) is 4.46. The van der Waals surface area contributed by atoms with Crippen LogP contribution in [0, 0.1) is 5.82 Å². The Morgan fingerprint density at radius 2 is 2.29 bits per heavy atom. The molecule has 0 bridgehead atoms. The van der Waals surface area contributed by atoms with Crippen molar-refractivity contribution in [3.63, 3.8) is 0 Å². The van der Waals surface area contributed by atoms with Crippen LogP contribution < -0.4 is 5.32 Å². The molecule has 4 rings (SSSR count). The highest BCUT2D eigenvalue weighted by Gasteiger charge is 2.16. The van der Waals surface area contributed by atoms with Crippen molar-refractivity contribution >= 4 is 34.1 Å². The second kappa shape index (κ2) is 5.90. The van der Waals surface area contributed by atoms with Gasteiger partial charge in [-0.05, 0) is 18.9 Å². The fourth-order valence-corrected chi connectivity index (χ4v) is 3.21. The highest BCUT2D eigenvalue weighted by molar-refractivity contribution is 6.34. The maximum atomic E-state index is 14.1. The predicted molar refractivity (Wildman–Crippen MR) is 88.6 cm³/mol. The molecule has 1 aliphatic heterocycles. The van der Waals surface area contributed by atoms with Gasteiger partial charge in [-0.2, -0.15) is 5.10 Å². The molecule has 1 aliphatic rings. The number of aromatic amines is 1. The molecule has 24 heavy (non-hydrogen) atoms. The van der Waals surface area contributed by atoms with E-state index >= 15 is 0 Å². The second-order valence-corrected chi connectivity index (χ2v) is 6.29. The summed E-state index contributed by atoms with van der Waals surface area (Å²) in [4.78, 5) is 16.7. The minimum atomic E-state index is -0.553. The molecule has 124 valence electrons. The third-order valence-electron chi connectivity index (χ3n) is 4.17. The van der Waals surface area contributed by atoms with Crippen molar-refractivity contribution in [1.29, 1.82) is 0 Å². The maximum Gasteiger partial charge on any atom is 0.230 e. The van der Waals surface area contributed by atoms with Gasteiger partial charge in [0.15, 0.2) is 0 Å². The van der Waals surface area contributed by atoms with E-state index < -0.39 is 5.82 Å². The van der Waals surface area contributed by atoms with Crippen LogP contribution in [0.15, 0.2) is 18.3 Å². The molecule has 3 heterocycles. The molecule has 0 atom stereocenters. The smallest absolute Gasteiger partial charge is 0.230 e. The number of carbonyl (C=O) groups excluding carboxylic acids is 1. The lowest BCUT2D eigenvalue weighted by Crippen LogP contribution is -2.15. The Morgan fingerprint density at radius 3 is 3.12 bits per heavy atom. The normalized spacial score (nSPS) is 13.9. The van der Waals surface area contributed by atoms with Crippen molar-refractivity contribution in [1.82, 2.24) is 19.7 Å². The Bertz CT molecular complexity index is 909. The van der Waals surface area contributed by atoms with E-state index in [2.05, 4.69) is 25.1 Å². The van der Waals surface area contributed by atoms with Crippen LogP contribution in [0.4, 0.5) is 10.1 Å². The lowest BCUT2D eigenvalue weighted by molar-refractivity contribution is -0.115. The summed E-state index contributed by atoms with van der Waals surface area (Å²) >= 11 is 5.96. The first-order valence-corrected chi connectivity index (χ1v) is 8.16. The molecule has 0 fully saturated rings. The Morgan fingerprint density at radius 1 is 1.42 bits per heavy atom. The van der Waals surface area contributed by atoms with Crippen LogP contribution in [0.3, 0.4) is 0 Å². The van der Waals surface area contributed by atoms with Gasteiger partial charge in [0, 0.05) is 30.6 Å². The molecule has 3 aromatic rings. The summed E-state index contributed by atoms with van der Waals surface area (Å²) in [5.41, 5.74) is 1.20. The number of imidazole rings is 1. The molecule has 0 saturated carbocycles. The molecule has 0 radical (unpaired) electrons. The Kier molecular flexibility index (Phi) is 3.72. The lowest BCUT2D eigenvalue weighted by atomic mass is 10.2. The van der Waals surface area contributed by atoms with Crippen molar-refractivity contribution in [2.75, 3.05) is 5.32 Å². The van der Waals surface area contributed by atoms with Crippen molar-refractivity contribution in [2.24, 2.45) is 0 Å². The average molecular weight is 348 g/mol. The standard InChI is InChI=1S/C16H15ClFN5O/c17-16-10-6-13(11(18)7-12(10)21-22-16)20-15(24)5-9-8-23-4-2-1-3-14(23)19-9/h6-8H,1-5H2,(H,20,24)(H,21,22). The van der Waals surface area contributed by atoms with Gasteiger partial charge in [0.05, 0.1) is 23.3 Å². The number of amides is 1. The van der Waals surface area contributed by atoms with E-state index in [4.69, 9.17) is 11.6 Å². The summed E-state index contributed by atoms with van der Waals surface area (Å²) in [6.07, 6.45) is 5.20. The van der Waals surface area contributed by atoms with Gasteiger partial charge >= 0.3 is 0 Å². The number of nitrogens with zero attached hydrogens (tertiary/aromatic N) is 3. The van der Waals surface area contributed by atoms with E-state index in [0.29, 0.717) is 21.7 Å². The highest BCUT2D eigenvalue weighted by Crippen LogP contribution is 2.26. The topological polar surface area (TPSA) is 75.6 Å². The Labute approximate surface area is 142 Å². The van der Waals surface area contributed by atoms with Gasteiger partial charge < -0.3 is 9.88 Å². The zero-order chi connectivity index (χ0) is 16.7. The van der Waals surface area contributed by atoms with Crippen LogP contribution in [-0.4, -0.2) is 25.7 Å². The van der Waals surface area contributed by atoms with E-state index in [0.717, 1.165) is 31.6 Å². The second-order valence-electron chi connectivity index (χ2n) is 5.91. The molecular formula is C16H15ClFN5O. The van der Waals surface area contributed by atoms with Gasteiger partial charge in [-0.25, -0.2) is 9.37 Å². The number of aryl methyl sites for hydroxylation is 2. The molecule has 0 spiro atoms. The molecule has 1 amide bonds. The van der Waals surface area contributed by atoms with Crippen LogP contribution >= 0.6 is 11.6 Å². The number of rotatable bonds is 3. The van der Waals surface area contributed by atoms with Crippen LogP contribution in [0.25, 0.3) is 10.9 Å². The van der Waals surface area contributed by atoms with Gasteiger partial charge in [0.1, 0.15) is 16.8 Å². The summed E-state index contributed by atoms with van der Waals surface area (Å²) in [5, 5.41) is 9.91. The first-order valence-electron chi connectivity index (χ1n) is 7.78. The number of hydrogen-bond acceptors (Lipinski definition) is 3. The van der Waals surface area contributed by atoms with Crippen LogP contribution in [0.1, 0.15) is 24.4 Å². The van der Waals surface area contributed by atoms with Crippen LogP contribution in [0.2, 0.25) is 5.15 Å². The first-order chi connectivity index (χ1) is 11.6. The summed E-state index contributed by atoms with van der Waals surface area (Å²) < 4.78 is 16.2. The molecule has 2 aromatic heterocycles. The van der Waals surface area contributed by atoms with Gasteiger partial charge in [-0.15, -0.1) is 0 Å². The van der Waals surface area contributed by atoms with E-state index in [-0.39, 0.29) is 18.0 Å². The van der Waals surface area contributed by atoms with Gasteiger partial charge in [-0.1, -0.05) is 11.6 Å². The summed E-state index contributed by atoms with van der Waals surface area (Å²) in [6, 6.07) is 2.72. The quantitative estimate of drug-likeness (QED) is 0.764. The molecule has 1 aromatic carbocycles. The average Bonchev–Trinajstić information content (AvgIpc) is 3.11. The van der Waals surface area contributed by atoms with Crippen molar-refractivity contribution < 1.29 is 9.18 Å². The Hall–Kier alpha value is -2.41. The minimum Gasteiger partial charge on any atom is -0.335 e. The van der Waals surface area contributed by atoms with Crippen LogP contribution in [0.5, 0.6) is 0 Å². The number of H-pyrrole nitrogens is 1. The number of nitrogens with one attached hydrogen (secondary N) is 2. The summed E-state index contributed by atoms with van der Waals surface area (Å²) in [5.74, 6) is 0.147. The van der Waals surface area contributed by atoms with E-state index in [1.54, 1.807) is 0 Å². The zero-order valence-corrected chi connectivity index (χ0v) is 13.5. The predicted octanol–water partition coefficient (Wildman–Crippen LogP) is 3.07. The van der Waals surface area contributed by atoms with E-state index in [9.17, 15) is 9.18 Å². The number of anilines is 1. The maximum absolute atomic E-state index is 14.1. The minimum absolute atomic E-state index is 0.0831. The summed E-state index contributed by atoms with van der Waals surface area (Å²) in [7, 11) is 0. The number of benzene rings is 1. The van der Waals surface area contributed by atoms with E-state index in [1.807, 2.05) is 6.20 Å². The molecule has 8 heteroatoms. The number of aromatic nitrogens is 4. The molecule has 0 unspecified atom stereocenters. The van der Waals surface area contributed by atoms with Crippen molar-refractivity contribution in [3.05, 3.63) is 40.8 Å². The van der Waals surface area contributed by atoms with Crippen molar-refractivity contribution in [2.45, 2.75) is 32.2 Å². The van der Waals surface area contributed by atoms with Gasteiger partial charge in [0.25, 0.3) is 0 Å². The largest absolute Gasteiger partial charge is 0.335 e. The fourth-order valence-electron chi connectivity index (χ4n) is 3.01. The number of hydrogen-bond donors (Lipinski definition) is 2. The summed E-state index contributed by atoms with van der Waals surface area (Å²) in [6.45, 7) is 0.939. The number of halogens is 2. The lowest BCUT2D eigenvalue weighted by Gasteiger charge is -2.11. The fraction of sp³-hybridized carbons (Fsp3) is 0.312.